The Morgan fingerprint density at radius 3 is 2.96 bits per heavy atom. The highest BCUT2D eigenvalue weighted by Gasteiger charge is 2.21. The second-order valence-corrected chi connectivity index (χ2v) is 7.14. The molecule has 0 fully saturated rings. The Kier molecular flexibility index (Phi) is 5.40. The lowest BCUT2D eigenvalue weighted by atomic mass is 10.0. The van der Waals surface area contributed by atoms with Crippen molar-refractivity contribution in [2.24, 2.45) is 0 Å². The zero-order valence-corrected chi connectivity index (χ0v) is 14.7. The van der Waals surface area contributed by atoms with Crippen molar-refractivity contribution < 1.29 is 9.72 Å². The Balaban J connectivity index is 1.70. The average Bonchev–Trinajstić information content (AvgIpc) is 2.61. The zero-order chi connectivity index (χ0) is 17.8. The second kappa shape index (κ2) is 7.72. The molecule has 1 atom stereocenters. The van der Waals surface area contributed by atoms with E-state index in [0.717, 1.165) is 22.6 Å². The molecular formula is C18H15ClN2O3S. The van der Waals surface area contributed by atoms with Crippen molar-refractivity contribution in [2.75, 3.05) is 5.75 Å². The van der Waals surface area contributed by atoms with Crippen LogP contribution in [0.5, 0.6) is 0 Å². The maximum Gasteiger partial charge on any atom is 0.270 e. The predicted octanol–water partition coefficient (Wildman–Crippen LogP) is 4.61. The second-order valence-electron chi connectivity index (χ2n) is 5.57. The molecule has 1 amide bonds. The van der Waals surface area contributed by atoms with Gasteiger partial charge in [0.05, 0.1) is 11.0 Å². The van der Waals surface area contributed by atoms with Crippen LogP contribution in [0.25, 0.3) is 6.08 Å². The number of nitro benzene ring substituents is 1. The van der Waals surface area contributed by atoms with Crippen LogP contribution in [-0.2, 0) is 4.79 Å². The van der Waals surface area contributed by atoms with E-state index >= 15 is 0 Å². The summed E-state index contributed by atoms with van der Waals surface area (Å²) in [6.45, 7) is 0. The smallest absolute Gasteiger partial charge is 0.270 e. The summed E-state index contributed by atoms with van der Waals surface area (Å²) in [5, 5.41) is 14.4. The van der Waals surface area contributed by atoms with Gasteiger partial charge in [-0.3, -0.25) is 14.9 Å². The highest BCUT2D eigenvalue weighted by atomic mass is 35.5. The average molecular weight is 375 g/mol. The molecule has 2 aromatic carbocycles. The third-order valence-corrected chi connectivity index (χ3v) is 5.19. The molecule has 0 saturated carbocycles. The van der Waals surface area contributed by atoms with Gasteiger partial charge in [-0.05, 0) is 41.8 Å². The summed E-state index contributed by atoms with van der Waals surface area (Å²) in [5.41, 5.74) is 1.63. The third kappa shape index (κ3) is 4.41. The molecular weight excluding hydrogens is 360 g/mol. The van der Waals surface area contributed by atoms with Crippen molar-refractivity contribution in [1.29, 1.82) is 0 Å². The molecule has 0 spiro atoms. The van der Waals surface area contributed by atoms with Gasteiger partial charge >= 0.3 is 0 Å². The van der Waals surface area contributed by atoms with E-state index in [1.54, 1.807) is 30.0 Å². The summed E-state index contributed by atoms with van der Waals surface area (Å²) in [5.74, 6) is 0.683. The number of thioether (sulfide) groups is 1. The number of hydrogen-bond donors (Lipinski definition) is 1. The molecule has 0 aromatic heterocycles. The quantitative estimate of drug-likeness (QED) is 0.481. The van der Waals surface area contributed by atoms with Crippen LogP contribution < -0.4 is 5.32 Å². The molecule has 0 bridgehead atoms. The van der Waals surface area contributed by atoms with Crippen LogP contribution in [-0.4, -0.2) is 16.6 Å². The number of fused-ring (bicyclic) bond motifs is 1. The number of carbonyl (C=O) groups excluding carboxylic acids is 1. The minimum Gasteiger partial charge on any atom is -0.346 e. The largest absolute Gasteiger partial charge is 0.346 e. The fourth-order valence-electron chi connectivity index (χ4n) is 2.65. The van der Waals surface area contributed by atoms with Crippen molar-refractivity contribution >= 4 is 41.0 Å². The highest BCUT2D eigenvalue weighted by Crippen LogP contribution is 2.37. The molecule has 1 heterocycles. The Hall–Kier alpha value is -2.31. The van der Waals surface area contributed by atoms with Crippen LogP contribution in [0.4, 0.5) is 5.69 Å². The number of benzene rings is 2. The lowest BCUT2D eigenvalue weighted by Gasteiger charge is -2.25. The molecule has 2 aromatic rings. The minimum absolute atomic E-state index is 0.00423. The van der Waals surface area contributed by atoms with Gasteiger partial charge in [-0.15, -0.1) is 11.8 Å². The number of rotatable bonds is 4. The Labute approximate surface area is 154 Å². The SMILES string of the molecule is O=C(/C=C/c1cccc([N+](=O)[O-])c1)N[C@H]1CCSc2ccc(Cl)cc21. The molecule has 1 aliphatic rings. The van der Waals surface area contributed by atoms with Gasteiger partial charge in [0, 0.05) is 33.9 Å². The Bertz CT molecular complexity index is 854. The van der Waals surface area contributed by atoms with Crippen LogP contribution in [0, 0.1) is 10.1 Å². The maximum absolute atomic E-state index is 12.2. The number of nitrogens with zero attached hydrogens (tertiary/aromatic N) is 1. The predicted molar refractivity (Wildman–Crippen MR) is 99.8 cm³/mol. The number of hydrogen-bond acceptors (Lipinski definition) is 4. The molecule has 7 heteroatoms. The van der Waals surface area contributed by atoms with Gasteiger partial charge in [0.15, 0.2) is 0 Å². The summed E-state index contributed by atoms with van der Waals surface area (Å²) in [7, 11) is 0. The van der Waals surface area contributed by atoms with Gasteiger partial charge < -0.3 is 5.32 Å². The Morgan fingerprint density at radius 2 is 2.16 bits per heavy atom. The number of non-ortho nitro benzene ring substituents is 1. The number of amides is 1. The lowest BCUT2D eigenvalue weighted by Crippen LogP contribution is -2.29. The first-order valence-electron chi connectivity index (χ1n) is 7.68. The molecule has 0 unspecified atom stereocenters. The molecule has 0 saturated heterocycles. The molecule has 128 valence electrons. The van der Waals surface area contributed by atoms with E-state index in [9.17, 15) is 14.9 Å². The van der Waals surface area contributed by atoms with Crippen molar-refractivity contribution in [3.05, 3.63) is 74.8 Å². The van der Waals surface area contributed by atoms with Crippen LogP contribution in [0.3, 0.4) is 0 Å². The van der Waals surface area contributed by atoms with Crippen LogP contribution >= 0.6 is 23.4 Å². The van der Waals surface area contributed by atoms with E-state index in [4.69, 9.17) is 11.6 Å². The van der Waals surface area contributed by atoms with E-state index < -0.39 is 4.92 Å². The van der Waals surface area contributed by atoms with Gasteiger partial charge in [-0.1, -0.05) is 23.7 Å². The minimum atomic E-state index is -0.461. The first-order chi connectivity index (χ1) is 12.0. The molecule has 25 heavy (non-hydrogen) atoms. The van der Waals surface area contributed by atoms with Gasteiger partial charge in [0.1, 0.15) is 0 Å². The van der Waals surface area contributed by atoms with Crippen LogP contribution in [0.2, 0.25) is 5.02 Å². The lowest BCUT2D eigenvalue weighted by molar-refractivity contribution is -0.384. The van der Waals surface area contributed by atoms with Crippen molar-refractivity contribution in [2.45, 2.75) is 17.4 Å². The van der Waals surface area contributed by atoms with Gasteiger partial charge in [-0.2, -0.15) is 0 Å². The first kappa shape index (κ1) is 17.5. The fourth-order valence-corrected chi connectivity index (χ4v) is 3.94. The molecule has 3 rings (SSSR count). The molecule has 5 nitrogen and oxygen atoms in total. The number of nitrogens with one attached hydrogen (secondary N) is 1. The summed E-state index contributed by atoms with van der Waals surface area (Å²) < 4.78 is 0. The topological polar surface area (TPSA) is 72.2 Å². The molecule has 1 aliphatic heterocycles. The van der Waals surface area contributed by atoms with E-state index in [1.165, 1.54) is 18.2 Å². The summed E-state index contributed by atoms with van der Waals surface area (Å²) >= 11 is 7.82. The highest BCUT2D eigenvalue weighted by molar-refractivity contribution is 7.99. The number of carbonyl (C=O) groups is 1. The van der Waals surface area contributed by atoms with Crippen molar-refractivity contribution in [3.8, 4) is 0 Å². The van der Waals surface area contributed by atoms with Gasteiger partial charge in [0.2, 0.25) is 5.91 Å². The number of halogens is 1. The van der Waals surface area contributed by atoms with Gasteiger partial charge in [-0.25, -0.2) is 0 Å². The molecule has 0 aliphatic carbocycles. The van der Waals surface area contributed by atoms with Crippen molar-refractivity contribution in [1.82, 2.24) is 5.32 Å². The van der Waals surface area contributed by atoms with E-state index in [2.05, 4.69) is 5.32 Å². The summed E-state index contributed by atoms with van der Waals surface area (Å²) in [4.78, 5) is 23.7. The first-order valence-corrected chi connectivity index (χ1v) is 9.04. The molecule has 0 radical (unpaired) electrons. The summed E-state index contributed by atoms with van der Waals surface area (Å²) in [6, 6.07) is 11.8. The number of nitro groups is 1. The summed E-state index contributed by atoms with van der Waals surface area (Å²) in [6.07, 6.45) is 3.79. The van der Waals surface area contributed by atoms with Crippen LogP contribution in [0.15, 0.2) is 53.4 Å². The van der Waals surface area contributed by atoms with E-state index in [1.807, 2.05) is 18.2 Å². The van der Waals surface area contributed by atoms with Crippen LogP contribution in [0.1, 0.15) is 23.6 Å². The Morgan fingerprint density at radius 1 is 1.32 bits per heavy atom. The normalized spacial score (nSPS) is 16.4. The van der Waals surface area contributed by atoms with Gasteiger partial charge in [0.25, 0.3) is 5.69 Å². The van der Waals surface area contributed by atoms with Crippen molar-refractivity contribution in [3.63, 3.8) is 0 Å². The fraction of sp³-hybridized carbons (Fsp3) is 0.167. The van der Waals surface area contributed by atoms with E-state index in [-0.39, 0.29) is 17.6 Å². The van der Waals surface area contributed by atoms with E-state index in [0.29, 0.717) is 10.6 Å². The maximum atomic E-state index is 12.2. The third-order valence-electron chi connectivity index (χ3n) is 3.84. The zero-order valence-electron chi connectivity index (χ0n) is 13.1. The molecule has 1 N–H and O–H groups in total. The monoisotopic (exact) mass is 374 g/mol. The standard InChI is InChI=1S/C18H15ClN2O3S/c19-13-5-6-17-15(11-13)16(8-9-25-17)20-18(22)7-4-12-2-1-3-14(10-12)21(23)24/h1-7,10-11,16H,8-9H2,(H,20,22)/b7-4+/t16-/m0/s1.